The van der Waals surface area contributed by atoms with E-state index in [1.54, 1.807) is 0 Å². The molecule has 70 valence electrons. The standard InChI is InChI=1S/C10H10N4/c1-5-3-12-10-7(11)2-6-4-13-14-9(6)8(5)10/h2-4,13-14H,11H2,1H3. The van der Waals surface area contributed by atoms with Crippen molar-refractivity contribution in [3.8, 4) is 0 Å². The van der Waals surface area contributed by atoms with Gasteiger partial charge < -0.3 is 15.9 Å². The highest BCUT2D eigenvalue weighted by Crippen LogP contribution is 2.30. The molecule has 2 heterocycles. The van der Waals surface area contributed by atoms with Gasteiger partial charge in [-0.25, -0.2) is 0 Å². The first-order valence-corrected chi connectivity index (χ1v) is 4.46. The van der Waals surface area contributed by atoms with E-state index >= 15 is 0 Å². The molecule has 0 bridgehead atoms. The fraction of sp³-hybridized carbons (Fsp3) is 0.100. The van der Waals surface area contributed by atoms with Gasteiger partial charge in [0.15, 0.2) is 0 Å². The highest BCUT2D eigenvalue weighted by Gasteiger charge is 2.09. The maximum Gasteiger partial charge on any atom is 0.0956 e. The predicted molar refractivity (Wildman–Crippen MR) is 57.1 cm³/mol. The first-order chi connectivity index (χ1) is 6.77. The summed E-state index contributed by atoms with van der Waals surface area (Å²) < 4.78 is 0. The fourth-order valence-corrected chi connectivity index (χ4v) is 1.90. The van der Waals surface area contributed by atoms with Gasteiger partial charge in [-0.1, -0.05) is 0 Å². The number of hydrogen-bond donors (Lipinski definition) is 3. The summed E-state index contributed by atoms with van der Waals surface area (Å²) in [5, 5.41) is 8.26. The van der Waals surface area contributed by atoms with Crippen molar-refractivity contribution in [2.75, 3.05) is 5.73 Å². The molecule has 3 rings (SSSR count). The molecule has 4 nitrogen and oxygen atoms in total. The van der Waals surface area contributed by atoms with Crippen molar-refractivity contribution < 1.29 is 0 Å². The summed E-state index contributed by atoms with van der Waals surface area (Å²) in [6, 6.07) is 1.93. The lowest BCUT2D eigenvalue weighted by Crippen LogP contribution is -1.86. The van der Waals surface area contributed by atoms with Gasteiger partial charge in [0.05, 0.1) is 16.7 Å². The zero-order valence-electron chi connectivity index (χ0n) is 7.76. The summed E-state index contributed by atoms with van der Waals surface area (Å²) in [7, 11) is 0. The largest absolute Gasteiger partial charge is 0.397 e. The number of rotatable bonds is 0. The van der Waals surface area contributed by atoms with Crippen molar-refractivity contribution in [1.82, 2.24) is 15.2 Å². The van der Waals surface area contributed by atoms with Crippen LogP contribution in [0, 0.1) is 6.92 Å². The predicted octanol–water partition coefficient (Wildman–Crippen LogP) is 1.93. The Hall–Kier alpha value is -1.97. The zero-order chi connectivity index (χ0) is 9.71. The normalized spacial score (nSPS) is 11.5. The van der Waals surface area contributed by atoms with Crippen LogP contribution >= 0.6 is 0 Å². The molecule has 0 aliphatic heterocycles. The molecule has 2 aromatic heterocycles. The molecule has 0 unspecified atom stereocenters. The first kappa shape index (κ1) is 7.44. The third-order valence-corrected chi connectivity index (χ3v) is 2.57. The Balaban J connectivity index is 2.70. The second-order valence-corrected chi connectivity index (χ2v) is 3.51. The minimum absolute atomic E-state index is 0.730. The molecule has 0 fully saturated rings. The molecule has 0 aliphatic carbocycles. The average molecular weight is 186 g/mol. The highest BCUT2D eigenvalue weighted by molar-refractivity contribution is 6.10. The highest BCUT2D eigenvalue weighted by atomic mass is 15.1. The van der Waals surface area contributed by atoms with Crippen LogP contribution in [0.25, 0.3) is 21.8 Å². The number of fused-ring (bicyclic) bond motifs is 3. The summed E-state index contributed by atoms with van der Waals surface area (Å²) in [6.45, 7) is 2.04. The second-order valence-electron chi connectivity index (χ2n) is 3.51. The van der Waals surface area contributed by atoms with E-state index in [9.17, 15) is 0 Å². The van der Waals surface area contributed by atoms with Gasteiger partial charge in [0, 0.05) is 23.2 Å². The number of benzene rings is 1. The Morgan fingerprint density at radius 1 is 1.43 bits per heavy atom. The fourth-order valence-electron chi connectivity index (χ4n) is 1.90. The van der Waals surface area contributed by atoms with Crippen LogP contribution in [-0.4, -0.2) is 15.2 Å². The SMILES string of the molecule is Cc1cnc2c(N)cc3c[nH][nH]c3c12. The number of aromatic nitrogens is 3. The Labute approximate surface area is 80.1 Å². The van der Waals surface area contributed by atoms with Crippen molar-refractivity contribution in [3.05, 3.63) is 24.0 Å². The Morgan fingerprint density at radius 2 is 2.29 bits per heavy atom. The number of nitrogens with two attached hydrogens (primary N) is 1. The van der Waals surface area contributed by atoms with E-state index in [0.717, 1.165) is 33.1 Å². The van der Waals surface area contributed by atoms with E-state index in [0.29, 0.717) is 0 Å². The first-order valence-electron chi connectivity index (χ1n) is 4.46. The van der Waals surface area contributed by atoms with Crippen LogP contribution in [0.15, 0.2) is 18.5 Å². The van der Waals surface area contributed by atoms with E-state index in [-0.39, 0.29) is 0 Å². The number of hydrogen-bond acceptors (Lipinski definition) is 2. The summed E-state index contributed by atoms with van der Waals surface area (Å²) in [6.07, 6.45) is 3.75. The van der Waals surface area contributed by atoms with Crippen LogP contribution in [0.2, 0.25) is 0 Å². The lowest BCUT2D eigenvalue weighted by molar-refractivity contribution is 1.12. The lowest BCUT2D eigenvalue weighted by atomic mass is 10.1. The third-order valence-electron chi connectivity index (χ3n) is 2.57. The number of anilines is 1. The van der Waals surface area contributed by atoms with Gasteiger partial charge in [0.1, 0.15) is 0 Å². The maximum atomic E-state index is 5.90. The van der Waals surface area contributed by atoms with Gasteiger partial charge in [0.2, 0.25) is 0 Å². The molecule has 0 radical (unpaired) electrons. The Kier molecular flexibility index (Phi) is 1.21. The number of aromatic amines is 2. The molecule has 4 heteroatoms. The summed E-state index contributed by atoms with van der Waals surface area (Å²) >= 11 is 0. The molecule has 3 aromatic rings. The third kappa shape index (κ3) is 0.750. The molecular formula is C10H10N4. The molecule has 14 heavy (non-hydrogen) atoms. The molecule has 0 aliphatic rings. The van der Waals surface area contributed by atoms with E-state index in [1.165, 1.54) is 0 Å². The number of H-pyrrole nitrogens is 2. The van der Waals surface area contributed by atoms with Gasteiger partial charge in [-0.15, -0.1) is 0 Å². The van der Waals surface area contributed by atoms with Gasteiger partial charge in [-0.2, -0.15) is 0 Å². The zero-order valence-corrected chi connectivity index (χ0v) is 7.76. The lowest BCUT2D eigenvalue weighted by Gasteiger charge is -1.98. The van der Waals surface area contributed by atoms with E-state index in [2.05, 4.69) is 15.2 Å². The van der Waals surface area contributed by atoms with E-state index in [4.69, 9.17) is 5.73 Å². The van der Waals surface area contributed by atoms with Gasteiger partial charge in [-0.3, -0.25) is 4.98 Å². The molecular weight excluding hydrogens is 176 g/mol. The van der Waals surface area contributed by atoms with Crippen molar-refractivity contribution in [2.24, 2.45) is 0 Å². The Bertz CT molecular complexity index is 617. The molecule has 1 aromatic carbocycles. The van der Waals surface area contributed by atoms with E-state index < -0.39 is 0 Å². The summed E-state index contributed by atoms with van der Waals surface area (Å²) in [5.74, 6) is 0. The van der Waals surface area contributed by atoms with Crippen LogP contribution in [-0.2, 0) is 0 Å². The van der Waals surface area contributed by atoms with Crippen LogP contribution in [0.1, 0.15) is 5.56 Å². The van der Waals surface area contributed by atoms with Crippen molar-refractivity contribution in [1.29, 1.82) is 0 Å². The van der Waals surface area contributed by atoms with E-state index in [1.807, 2.05) is 25.4 Å². The molecule has 0 atom stereocenters. The minimum Gasteiger partial charge on any atom is -0.397 e. The van der Waals surface area contributed by atoms with Crippen molar-refractivity contribution in [3.63, 3.8) is 0 Å². The summed E-state index contributed by atoms with van der Waals surface area (Å²) in [5.41, 5.74) is 9.73. The maximum absolute atomic E-state index is 5.90. The molecule has 0 saturated carbocycles. The molecule has 0 amide bonds. The van der Waals surface area contributed by atoms with Gasteiger partial charge in [0.25, 0.3) is 0 Å². The molecule has 4 N–H and O–H groups in total. The average Bonchev–Trinajstić information content (AvgIpc) is 2.71. The molecule has 0 saturated heterocycles. The van der Waals surface area contributed by atoms with Crippen LogP contribution in [0.4, 0.5) is 5.69 Å². The minimum atomic E-state index is 0.730. The van der Waals surface area contributed by atoms with Crippen LogP contribution in [0.3, 0.4) is 0 Å². The van der Waals surface area contributed by atoms with Crippen LogP contribution in [0.5, 0.6) is 0 Å². The summed E-state index contributed by atoms with van der Waals surface area (Å²) in [4.78, 5) is 4.29. The Morgan fingerprint density at radius 3 is 3.14 bits per heavy atom. The number of nitrogen functional groups attached to an aromatic ring is 1. The topological polar surface area (TPSA) is 70.5 Å². The number of nitrogens with one attached hydrogen (secondary N) is 2. The monoisotopic (exact) mass is 186 g/mol. The molecule has 0 spiro atoms. The van der Waals surface area contributed by atoms with Gasteiger partial charge in [-0.05, 0) is 18.6 Å². The van der Waals surface area contributed by atoms with Crippen molar-refractivity contribution in [2.45, 2.75) is 6.92 Å². The van der Waals surface area contributed by atoms with Crippen LogP contribution < -0.4 is 5.73 Å². The number of aryl methyl sites for hydroxylation is 1. The smallest absolute Gasteiger partial charge is 0.0956 e. The second kappa shape index (κ2) is 2.29. The van der Waals surface area contributed by atoms with Crippen molar-refractivity contribution >= 4 is 27.5 Å². The van der Waals surface area contributed by atoms with Gasteiger partial charge >= 0.3 is 0 Å². The quantitative estimate of drug-likeness (QED) is 0.469. The number of nitrogens with zero attached hydrogens (tertiary/aromatic N) is 1.